The molecule has 2 aromatic heterocycles. The van der Waals surface area contributed by atoms with Gasteiger partial charge in [-0.25, -0.2) is 0 Å². The van der Waals surface area contributed by atoms with E-state index >= 15 is 0 Å². The number of rotatable bonds is 3. The quantitative estimate of drug-likeness (QED) is 0.828. The molecule has 20 heavy (non-hydrogen) atoms. The van der Waals surface area contributed by atoms with Crippen molar-refractivity contribution in [3.8, 4) is 0 Å². The van der Waals surface area contributed by atoms with Crippen molar-refractivity contribution in [1.82, 2.24) is 25.1 Å². The molecule has 0 spiro atoms. The minimum Gasteiger partial charge on any atom is -0.416 e. The number of halogens is 1. The highest BCUT2D eigenvalue weighted by Crippen LogP contribution is 2.25. The van der Waals surface area contributed by atoms with Gasteiger partial charge in [0.25, 0.3) is 5.22 Å². The Balaban J connectivity index is 1.82. The SMILES string of the molecule is Cc1nnc(Sc2nc(Cl)nc(N3CCOCC3)n2)o1. The molecule has 0 atom stereocenters. The van der Waals surface area contributed by atoms with Gasteiger partial charge in [-0.2, -0.15) is 15.0 Å². The minimum absolute atomic E-state index is 0.139. The van der Waals surface area contributed by atoms with Gasteiger partial charge in [0.1, 0.15) is 0 Å². The van der Waals surface area contributed by atoms with Gasteiger partial charge in [0.2, 0.25) is 22.3 Å². The molecule has 0 bridgehead atoms. The van der Waals surface area contributed by atoms with E-state index in [-0.39, 0.29) is 5.28 Å². The Morgan fingerprint density at radius 1 is 1.15 bits per heavy atom. The summed E-state index contributed by atoms with van der Waals surface area (Å²) < 4.78 is 10.6. The first-order valence-corrected chi connectivity index (χ1v) is 7.12. The molecule has 0 saturated carbocycles. The first-order valence-electron chi connectivity index (χ1n) is 5.93. The van der Waals surface area contributed by atoms with Crippen LogP contribution in [0.5, 0.6) is 0 Å². The van der Waals surface area contributed by atoms with E-state index in [4.69, 9.17) is 20.8 Å². The predicted octanol–water partition coefficient (Wildman–Crippen LogP) is 1.20. The number of hydrogen-bond acceptors (Lipinski definition) is 9. The maximum absolute atomic E-state index is 5.94. The molecule has 0 radical (unpaired) electrons. The molecule has 3 heterocycles. The van der Waals surface area contributed by atoms with Crippen LogP contribution in [0.25, 0.3) is 0 Å². The smallest absolute Gasteiger partial charge is 0.284 e. The summed E-state index contributed by atoms with van der Waals surface area (Å²) in [7, 11) is 0. The summed E-state index contributed by atoms with van der Waals surface area (Å²) in [5, 5.41) is 8.57. The molecule has 0 unspecified atom stereocenters. The van der Waals surface area contributed by atoms with Gasteiger partial charge in [-0.1, -0.05) is 0 Å². The van der Waals surface area contributed by atoms with Crippen LogP contribution >= 0.6 is 23.4 Å². The lowest BCUT2D eigenvalue weighted by molar-refractivity contribution is 0.122. The Kier molecular flexibility index (Phi) is 3.99. The van der Waals surface area contributed by atoms with Gasteiger partial charge in [0.15, 0.2) is 0 Å². The van der Waals surface area contributed by atoms with Gasteiger partial charge >= 0.3 is 0 Å². The van der Waals surface area contributed by atoms with Crippen molar-refractivity contribution >= 4 is 29.3 Å². The average molecular weight is 315 g/mol. The topological polar surface area (TPSA) is 90.1 Å². The van der Waals surface area contributed by atoms with Gasteiger partial charge in [0, 0.05) is 31.8 Å². The van der Waals surface area contributed by atoms with Crippen LogP contribution in [-0.4, -0.2) is 51.5 Å². The second kappa shape index (κ2) is 5.90. The fraction of sp³-hybridized carbons (Fsp3) is 0.500. The van der Waals surface area contributed by atoms with E-state index in [1.54, 1.807) is 6.92 Å². The number of hydrogen-bond donors (Lipinski definition) is 0. The van der Waals surface area contributed by atoms with E-state index in [0.717, 1.165) is 24.9 Å². The van der Waals surface area contributed by atoms with Crippen LogP contribution in [0.3, 0.4) is 0 Å². The highest BCUT2D eigenvalue weighted by Gasteiger charge is 2.17. The maximum Gasteiger partial charge on any atom is 0.284 e. The van der Waals surface area contributed by atoms with Crippen molar-refractivity contribution < 1.29 is 9.15 Å². The molecule has 1 aliphatic rings. The normalized spacial score (nSPS) is 15.6. The summed E-state index contributed by atoms with van der Waals surface area (Å²) in [6, 6.07) is 0. The van der Waals surface area contributed by atoms with Gasteiger partial charge in [-0.05, 0) is 11.6 Å². The molecule has 1 saturated heterocycles. The van der Waals surface area contributed by atoms with Crippen molar-refractivity contribution in [2.75, 3.05) is 31.2 Å². The zero-order chi connectivity index (χ0) is 13.9. The zero-order valence-corrected chi connectivity index (χ0v) is 12.2. The Hall–Kier alpha value is -1.45. The largest absolute Gasteiger partial charge is 0.416 e. The summed E-state index contributed by atoms with van der Waals surface area (Å²) in [6.07, 6.45) is 0. The number of morpholine rings is 1. The molecule has 0 N–H and O–H groups in total. The molecule has 2 aromatic rings. The van der Waals surface area contributed by atoms with E-state index < -0.39 is 0 Å². The monoisotopic (exact) mass is 314 g/mol. The first kappa shape index (κ1) is 13.5. The molecule has 1 aliphatic heterocycles. The van der Waals surface area contributed by atoms with E-state index in [2.05, 4.69) is 25.1 Å². The Labute approximate surface area is 123 Å². The van der Waals surface area contributed by atoms with Crippen molar-refractivity contribution in [3.05, 3.63) is 11.2 Å². The molecule has 3 rings (SSSR count). The molecule has 8 nitrogen and oxygen atoms in total. The van der Waals surface area contributed by atoms with Gasteiger partial charge in [0.05, 0.1) is 13.2 Å². The number of aromatic nitrogens is 5. The lowest BCUT2D eigenvalue weighted by Gasteiger charge is -2.26. The Morgan fingerprint density at radius 3 is 2.65 bits per heavy atom. The maximum atomic E-state index is 5.94. The van der Waals surface area contributed by atoms with Crippen LogP contribution in [0.1, 0.15) is 5.89 Å². The zero-order valence-electron chi connectivity index (χ0n) is 10.6. The minimum atomic E-state index is 0.139. The fourth-order valence-corrected chi connectivity index (χ4v) is 2.54. The molecule has 0 amide bonds. The van der Waals surface area contributed by atoms with Crippen molar-refractivity contribution in [2.24, 2.45) is 0 Å². The summed E-state index contributed by atoms with van der Waals surface area (Å²) >= 11 is 7.10. The van der Waals surface area contributed by atoms with Crippen molar-refractivity contribution in [2.45, 2.75) is 17.3 Å². The van der Waals surface area contributed by atoms with E-state index in [9.17, 15) is 0 Å². The molecular formula is C10H11ClN6O2S. The first-order chi connectivity index (χ1) is 9.70. The van der Waals surface area contributed by atoms with Crippen LogP contribution in [0.2, 0.25) is 5.28 Å². The predicted molar refractivity (Wildman–Crippen MR) is 71.0 cm³/mol. The number of anilines is 1. The second-order valence-corrected chi connectivity index (χ2v) is 5.23. The molecule has 106 valence electrons. The third-order valence-corrected chi connectivity index (χ3v) is 3.43. The van der Waals surface area contributed by atoms with Crippen molar-refractivity contribution in [1.29, 1.82) is 0 Å². The second-order valence-electron chi connectivity index (χ2n) is 3.98. The van der Waals surface area contributed by atoms with Crippen LogP contribution in [0.15, 0.2) is 14.8 Å². The molecule has 0 aromatic carbocycles. The third-order valence-electron chi connectivity index (χ3n) is 2.56. The fourth-order valence-electron chi connectivity index (χ4n) is 1.67. The number of aryl methyl sites for hydroxylation is 1. The van der Waals surface area contributed by atoms with Crippen LogP contribution < -0.4 is 4.90 Å². The van der Waals surface area contributed by atoms with Gasteiger partial charge < -0.3 is 14.1 Å². The van der Waals surface area contributed by atoms with Crippen molar-refractivity contribution in [3.63, 3.8) is 0 Å². The number of nitrogens with zero attached hydrogens (tertiary/aromatic N) is 6. The lowest BCUT2D eigenvalue weighted by atomic mass is 10.4. The highest BCUT2D eigenvalue weighted by atomic mass is 35.5. The van der Waals surface area contributed by atoms with Crippen LogP contribution in [0, 0.1) is 6.92 Å². The molecule has 1 fully saturated rings. The summed E-state index contributed by atoms with van der Waals surface area (Å²) in [5.74, 6) is 1.02. The Morgan fingerprint density at radius 2 is 1.95 bits per heavy atom. The summed E-state index contributed by atoms with van der Waals surface area (Å²) in [4.78, 5) is 14.6. The molecular weight excluding hydrogens is 304 g/mol. The molecule has 0 aliphatic carbocycles. The lowest BCUT2D eigenvalue weighted by Crippen LogP contribution is -2.37. The summed E-state index contributed by atoms with van der Waals surface area (Å²) in [6.45, 7) is 4.47. The summed E-state index contributed by atoms with van der Waals surface area (Å²) in [5.41, 5.74) is 0. The van der Waals surface area contributed by atoms with E-state index in [0.29, 0.717) is 35.4 Å². The number of ether oxygens (including phenoxy) is 1. The standard InChI is InChI=1S/C10H11ClN6O2S/c1-6-15-16-10(19-6)20-9-13-7(11)12-8(14-9)17-2-4-18-5-3-17/h2-5H2,1H3. The highest BCUT2D eigenvalue weighted by molar-refractivity contribution is 7.98. The average Bonchev–Trinajstić information content (AvgIpc) is 2.84. The van der Waals surface area contributed by atoms with Crippen LogP contribution in [-0.2, 0) is 4.74 Å². The third kappa shape index (κ3) is 3.17. The molecule has 10 heteroatoms. The van der Waals surface area contributed by atoms with E-state index in [1.807, 2.05) is 4.90 Å². The van der Waals surface area contributed by atoms with E-state index in [1.165, 1.54) is 0 Å². The Bertz CT molecular complexity index is 603. The van der Waals surface area contributed by atoms with Gasteiger partial charge in [-0.3, -0.25) is 0 Å². The van der Waals surface area contributed by atoms with Crippen LogP contribution in [0.4, 0.5) is 5.95 Å². The van der Waals surface area contributed by atoms with Gasteiger partial charge in [-0.15, -0.1) is 10.2 Å².